The van der Waals surface area contributed by atoms with Crippen LogP contribution in [0.4, 0.5) is 0 Å². The first kappa shape index (κ1) is 12.1. The summed E-state index contributed by atoms with van der Waals surface area (Å²) < 4.78 is 17.2. The van der Waals surface area contributed by atoms with Crippen molar-refractivity contribution in [1.29, 1.82) is 0 Å². The minimum Gasteiger partial charge on any atom is -0.492 e. The molecule has 1 aromatic rings. The quantitative estimate of drug-likeness (QED) is 0.783. The fourth-order valence-corrected chi connectivity index (χ4v) is 2.77. The summed E-state index contributed by atoms with van der Waals surface area (Å²) in [5.41, 5.74) is 1.66. The Bertz CT molecular complexity index is 480. The number of benzene rings is 1. The fraction of sp³-hybridized carbons (Fsp3) is 0.462. The van der Waals surface area contributed by atoms with Crippen LogP contribution in [0.3, 0.4) is 0 Å². The van der Waals surface area contributed by atoms with Crippen molar-refractivity contribution >= 4 is 21.7 Å². The summed E-state index contributed by atoms with van der Waals surface area (Å²) in [6, 6.07) is 3.79. The van der Waals surface area contributed by atoms with E-state index in [4.69, 9.17) is 14.2 Å². The molecule has 5 heteroatoms. The lowest BCUT2D eigenvalue weighted by Gasteiger charge is -2.22. The van der Waals surface area contributed by atoms with Gasteiger partial charge in [-0.15, -0.1) is 0 Å². The number of rotatable bonds is 2. The monoisotopic (exact) mass is 312 g/mol. The Hall–Kier alpha value is -0.910. The van der Waals surface area contributed by atoms with Crippen molar-refractivity contribution < 1.29 is 19.0 Å². The van der Waals surface area contributed by atoms with Crippen LogP contribution in [0.15, 0.2) is 16.6 Å². The van der Waals surface area contributed by atoms with Crippen molar-refractivity contribution in [3.05, 3.63) is 27.7 Å². The zero-order valence-corrected chi connectivity index (χ0v) is 11.4. The smallest absolute Gasteiger partial charge is 0.197 e. The van der Waals surface area contributed by atoms with Crippen LogP contribution in [-0.2, 0) is 15.9 Å². The third kappa shape index (κ3) is 2.18. The van der Waals surface area contributed by atoms with E-state index in [2.05, 4.69) is 15.9 Å². The average Bonchev–Trinajstić information content (AvgIpc) is 2.86. The van der Waals surface area contributed by atoms with Crippen molar-refractivity contribution in [1.82, 2.24) is 0 Å². The van der Waals surface area contributed by atoms with Crippen LogP contribution in [-0.4, -0.2) is 38.3 Å². The molecule has 18 heavy (non-hydrogen) atoms. The molecule has 3 rings (SSSR count). The normalized spacial score (nSPS) is 22.4. The van der Waals surface area contributed by atoms with Gasteiger partial charge in [0.25, 0.3) is 0 Å². The van der Waals surface area contributed by atoms with E-state index < -0.39 is 6.10 Å². The molecule has 2 aliphatic heterocycles. The molecule has 4 nitrogen and oxygen atoms in total. The van der Waals surface area contributed by atoms with E-state index in [1.54, 1.807) is 6.07 Å². The van der Waals surface area contributed by atoms with Crippen molar-refractivity contribution in [2.24, 2.45) is 0 Å². The summed E-state index contributed by atoms with van der Waals surface area (Å²) in [6.45, 7) is 1.97. The van der Waals surface area contributed by atoms with Gasteiger partial charge in [-0.1, -0.05) is 15.9 Å². The van der Waals surface area contributed by atoms with E-state index >= 15 is 0 Å². The Labute approximate surface area is 113 Å². The minimum atomic E-state index is -0.513. The van der Waals surface area contributed by atoms with Gasteiger partial charge in [0.1, 0.15) is 11.9 Å². The summed E-state index contributed by atoms with van der Waals surface area (Å²) in [5, 5.41) is 0. The Morgan fingerprint density at radius 3 is 2.94 bits per heavy atom. The number of halogens is 1. The lowest BCUT2D eigenvalue weighted by Crippen LogP contribution is -2.35. The van der Waals surface area contributed by atoms with Gasteiger partial charge in [-0.3, -0.25) is 4.79 Å². The molecule has 2 aliphatic rings. The molecule has 0 bridgehead atoms. The average molecular weight is 313 g/mol. The Morgan fingerprint density at radius 2 is 2.17 bits per heavy atom. The van der Waals surface area contributed by atoms with Crippen LogP contribution in [0.5, 0.6) is 5.75 Å². The summed E-state index contributed by atoms with van der Waals surface area (Å²) in [5.74, 6) is 0.645. The molecule has 1 atom stereocenters. The van der Waals surface area contributed by atoms with E-state index in [0.717, 1.165) is 16.5 Å². The van der Waals surface area contributed by atoms with Crippen LogP contribution in [0.25, 0.3) is 0 Å². The molecular weight excluding hydrogens is 300 g/mol. The highest BCUT2D eigenvalue weighted by molar-refractivity contribution is 9.10. The molecule has 1 aromatic carbocycles. The van der Waals surface area contributed by atoms with Crippen molar-refractivity contribution in [2.75, 3.05) is 26.4 Å². The first-order valence-electron chi connectivity index (χ1n) is 5.94. The second kappa shape index (κ2) is 4.99. The number of carbonyl (C=O) groups is 1. The Balaban J connectivity index is 1.93. The van der Waals surface area contributed by atoms with Gasteiger partial charge in [0, 0.05) is 10.9 Å². The van der Waals surface area contributed by atoms with Crippen LogP contribution < -0.4 is 4.74 Å². The molecule has 0 saturated carbocycles. The third-order valence-electron chi connectivity index (χ3n) is 3.12. The van der Waals surface area contributed by atoms with Gasteiger partial charge < -0.3 is 14.2 Å². The highest BCUT2D eigenvalue weighted by atomic mass is 79.9. The van der Waals surface area contributed by atoms with Gasteiger partial charge in [0.05, 0.1) is 32.0 Å². The van der Waals surface area contributed by atoms with Crippen molar-refractivity contribution in [3.8, 4) is 5.75 Å². The second-order valence-electron chi connectivity index (χ2n) is 4.34. The van der Waals surface area contributed by atoms with Crippen LogP contribution in [0.1, 0.15) is 15.9 Å². The number of ketones is 1. The minimum absolute atomic E-state index is 0.0610. The van der Waals surface area contributed by atoms with Gasteiger partial charge in [-0.25, -0.2) is 0 Å². The number of ether oxygens (including phenoxy) is 3. The highest BCUT2D eigenvalue weighted by Gasteiger charge is 2.29. The first-order valence-corrected chi connectivity index (χ1v) is 6.74. The van der Waals surface area contributed by atoms with Gasteiger partial charge in [-0.2, -0.15) is 0 Å². The van der Waals surface area contributed by atoms with Crippen LogP contribution in [0, 0.1) is 0 Å². The van der Waals surface area contributed by atoms with Gasteiger partial charge >= 0.3 is 0 Å². The molecule has 0 spiro atoms. The molecule has 0 radical (unpaired) electrons. The summed E-state index contributed by atoms with van der Waals surface area (Å²) >= 11 is 3.43. The fourth-order valence-electron chi connectivity index (χ4n) is 2.26. The van der Waals surface area contributed by atoms with Gasteiger partial charge in [0.15, 0.2) is 5.78 Å². The number of hydrogen-bond acceptors (Lipinski definition) is 4. The summed E-state index contributed by atoms with van der Waals surface area (Å²) in [4.78, 5) is 12.4. The number of hydrogen-bond donors (Lipinski definition) is 0. The second-order valence-corrected chi connectivity index (χ2v) is 5.25. The molecule has 0 N–H and O–H groups in total. The van der Waals surface area contributed by atoms with Crippen molar-refractivity contribution in [3.63, 3.8) is 0 Å². The molecule has 1 fully saturated rings. The third-order valence-corrected chi connectivity index (χ3v) is 3.58. The van der Waals surface area contributed by atoms with Crippen LogP contribution in [0.2, 0.25) is 0 Å². The maximum atomic E-state index is 12.4. The van der Waals surface area contributed by atoms with E-state index in [-0.39, 0.29) is 5.78 Å². The first-order chi connectivity index (χ1) is 8.75. The topological polar surface area (TPSA) is 44.8 Å². The molecule has 1 saturated heterocycles. The van der Waals surface area contributed by atoms with E-state index in [9.17, 15) is 4.79 Å². The molecular formula is C13H13BrO4. The molecule has 0 aromatic heterocycles. The summed E-state index contributed by atoms with van der Waals surface area (Å²) in [6.07, 6.45) is 0.332. The SMILES string of the molecule is O=C(c1cc(Br)cc2c1OCC2)C1COCCO1. The van der Waals surface area contributed by atoms with Crippen molar-refractivity contribution in [2.45, 2.75) is 12.5 Å². The van der Waals surface area contributed by atoms with E-state index in [1.807, 2.05) is 6.07 Å². The van der Waals surface area contributed by atoms with Gasteiger partial charge in [0.2, 0.25) is 0 Å². The Kier molecular flexibility index (Phi) is 3.37. The standard InChI is InChI=1S/C13H13BrO4/c14-9-5-8-1-2-18-13(8)10(6-9)12(15)11-7-16-3-4-17-11/h5-6,11H,1-4,7H2. The molecule has 1 unspecified atom stereocenters. The molecule has 0 aliphatic carbocycles. The predicted molar refractivity (Wildman–Crippen MR) is 68.2 cm³/mol. The molecule has 0 amide bonds. The van der Waals surface area contributed by atoms with Crippen LogP contribution >= 0.6 is 15.9 Å². The number of carbonyl (C=O) groups excluding carboxylic acids is 1. The molecule has 2 heterocycles. The maximum Gasteiger partial charge on any atom is 0.197 e. The lowest BCUT2D eigenvalue weighted by molar-refractivity contribution is -0.0719. The largest absolute Gasteiger partial charge is 0.492 e. The van der Waals surface area contributed by atoms with E-state index in [1.165, 1.54) is 0 Å². The van der Waals surface area contributed by atoms with E-state index in [0.29, 0.717) is 37.7 Å². The zero-order chi connectivity index (χ0) is 12.5. The lowest BCUT2D eigenvalue weighted by atomic mass is 10.0. The predicted octanol–water partition coefficient (Wildman–Crippen LogP) is 1.98. The number of fused-ring (bicyclic) bond motifs is 1. The zero-order valence-electron chi connectivity index (χ0n) is 9.78. The Morgan fingerprint density at radius 1 is 1.28 bits per heavy atom. The highest BCUT2D eigenvalue weighted by Crippen LogP contribution is 2.34. The molecule has 96 valence electrons. The number of Topliss-reactive ketones (excluding diaryl/α,β-unsaturated/α-hetero) is 1. The maximum absolute atomic E-state index is 12.4. The summed E-state index contributed by atoms with van der Waals surface area (Å²) in [7, 11) is 0. The van der Waals surface area contributed by atoms with Gasteiger partial charge in [-0.05, 0) is 17.7 Å².